The second kappa shape index (κ2) is 6.37. The molecule has 0 rings (SSSR count). The molecule has 0 amide bonds. The zero-order chi connectivity index (χ0) is 15.4. The second-order valence-corrected chi connectivity index (χ2v) is 7.26. The summed E-state index contributed by atoms with van der Waals surface area (Å²) in [5.74, 6) is -3.16. The summed E-state index contributed by atoms with van der Waals surface area (Å²) < 4.78 is 0. The Kier molecular flexibility index (Phi) is 6.00. The third kappa shape index (κ3) is 6.57. The lowest BCUT2D eigenvalue weighted by atomic mass is 9.76. The molecular weight excluding hydrogens is 246 g/mol. The molecule has 1 unspecified atom stereocenters. The molecular formula is C14H27NO4. The zero-order valence-electron chi connectivity index (χ0n) is 12.8. The molecule has 0 aliphatic heterocycles. The minimum absolute atomic E-state index is 0.0799. The van der Waals surface area contributed by atoms with Gasteiger partial charge in [0, 0.05) is 0 Å². The van der Waals surface area contributed by atoms with Crippen LogP contribution in [0, 0.1) is 16.7 Å². The van der Waals surface area contributed by atoms with Gasteiger partial charge < -0.3 is 15.5 Å². The molecule has 0 radical (unpaired) electrons. The molecule has 19 heavy (non-hydrogen) atoms. The lowest BCUT2D eigenvalue weighted by Gasteiger charge is -2.32. The van der Waals surface area contributed by atoms with Crippen molar-refractivity contribution >= 4 is 11.9 Å². The van der Waals surface area contributed by atoms with E-state index < -0.39 is 29.3 Å². The third-order valence-electron chi connectivity index (χ3n) is 3.04. The van der Waals surface area contributed by atoms with Gasteiger partial charge in [0.25, 0.3) is 0 Å². The molecule has 2 atom stereocenters. The highest BCUT2D eigenvalue weighted by atomic mass is 16.4. The first-order chi connectivity index (χ1) is 8.36. The Labute approximate surface area is 115 Å². The number of carboxylic acid groups (broad SMARTS) is 2. The van der Waals surface area contributed by atoms with Crippen molar-refractivity contribution in [3.8, 4) is 0 Å². The monoisotopic (exact) mass is 273 g/mol. The first-order valence-corrected chi connectivity index (χ1v) is 6.55. The van der Waals surface area contributed by atoms with E-state index in [0.717, 1.165) is 6.42 Å². The van der Waals surface area contributed by atoms with Crippen LogP contribution in [0.5, 0.6) is 0 Å². The van der Waals surface area contributed by atoms with Crippen molar-refractivity contribution in [3.05, 3.63) is 0 Å². The molecule has 0 aliphatic carbocycles. The minimum Gasteiger partial charge on any atom is -0.481 e. The Bertz CT molecular complexity index is 325. The fourth-order valence-corrected chi connectivity index (χ4v) is 1.96. The lowest BCUT2D eigenvalue weighted by molar-refractivity contribution is -0.155. The fourth-order valence-electron chi connectivity index (χ4n) is 1.96. The molecule has 0 heterocycles. The van der Waals surface area contributed by atoms with Crippen LogP contribution in [-0.2, 0) is 9.59 Å². The average molecular weight is 273 g/mol. The van der Waals surface area contributed by atoms with Gasteiger partial charge >= 0.3 is 11.9 Å². The van der Waals surface area contributed by atoms with Crippen LogP contribution in [0.1, 0.15) is 48.0 Å². The average Bonchev–Trinajstić information content (AvgIpc) is 2.10. The lowest BCUT2D eigenvalue weighted by Crippen LogP contribution is -2.51. The molecule has 0 saturated carbocycles. The van der Waals surface area contributed by atoms with Gasteiger partial charge in [-0.05, 0) is 23.8 Å². The van der Waals surface area contributed by atoms with Crippen molar-refractivity contribution in [1.82, 2.24) is 5.32 Å². The Morgan fingerprint density at radius 3 is 1.74 bits per heavy atom. The van der Waals surface area contributed by atoms with Crippen LogP contribution in [0.4, 0.5) is 0 Å². The number of hydrogen-bond acceptors (Lipinski definition) is 3. The maximum absolute atomic E-state index is 11.3. The van der Waals surface area contributed by atoms with Gasteiger partial charge in [-0.25, -0.2) is 0 Å². The van der Waals surface area contributed by atoms with Gasteiger partial charge in [-0.2, -0.15) is 0 Å². The van der Waals surface area contributed by atoms with Crippen LogP contribution < -0.4 is 5.32 Å². The van der Waals surface area contributed by atoms with Crippen molar-refractivity contribution < 1.29 is 19.8 Å². The van der Waals surface area contributed by atoms with Crippen molar-refractivity contribution in [2.24, 2.45) is 16.7 Å². The number of rotatable bonds is 6. The van der Waals surface area contributed by atoms with Gasteiger partial charge in [0.15, 0.2) is 0 Å². The summed E-state index contributed by atoms with van der Waals surface area (Å²) in [6.45, 7) is 11.9. The van der Waals surface area contributed by atoms with E-state index in [2.05, 4.69) is 26.1 Å². The van der Waals surface area contributed by atoms with Gasteiger partial charge in [-0.1, -0.05) is 41.5 Å². The highest BCUT2D eigenvalue weighted by molar-refractivity contribution is 5.83. The van der Waals surface area contributed by atoms with Crippen molar-refractivity contribution in [1.29, 1.82) is 0 Å². The first kappa shape index (κ1) is 17.9. The molecule has 3 N–H and O–H groups in total. The fraction of sp³-hybridized carbons (Fsp3) is 0.857. The topological polar surface area (TPSA) is 86.6 Å². The maximum atomic E-state index is 11.3. The van der Waals surface area contributed by atoms with Crippen LogP contribution in [0.2, 0.25) is 0 Å². The molecule has 5 heteroatoms. The van der Waals surface area contributed by atoms with E-state index in [1.54, 1.807) is 20.8 Å². The van der Waals surface area contributed by atoms with E-state index in [-0.39, 0.29) is 5.41 Å². The minimum atomic E-state index is -1.11. The van der Waals surface area contributed by atoms with Crippen molar-refractivity contribution in [2.45, 2.75) is 54.0 Å². The molecule has 0 bridgehead atoms. The predicted octanol–water partition coefficient (Wildman–Crippen LogP) is 2.21. The number of hydrogen-bond donors (Lipinski definition) is 3. The van der Waals surface area contributed by atoms with Gasteiger partial charge in [0.2, 0.25) is 0 Å². The molecule has 0 aliphatic rings. The van der Waals surface area contributed by atoms with E-state index in [1.165, 1.54) is 0 Å². The van der Waals surface area contributed by atoms with Gasteiger partial charge in [0.1, 0.15) is 6.04 Å². The van der Waals surface area contributed by atoms with Crippen LogP contribution in [0.3, 0.4) is 0 Å². The SMILES string of the molecule is CC(C)(C)CCN[C@H](C(=O)O)C(C(=O)O)C(C)(C)C. The number of aliphatic carboxylic acids is 2. The van der Waals surface area contributed by atoms with Gasteiger partial charge in [-0.15, -0.1) is 0 Å². The van der Waals surface area contributed by atoms with Gasteiger partial charge in [0.05, 0.1) is 5.92 Å². The Morgan fingerprint density at radius 2 is 1.47 bits per heavy atom. The number of carbonyl (C=O) groups is 2. The normalized spacial score (nSPS) is 15.9. The molecule has 112 valence electrons. The molecule has 5 nitrogen and oxygen atoms in total. The largest absolute Gasteiger partial charge is 0.481 e. The smallest absolute Gasteiger partial charge is 0.321 e. The summed E-state index contributed by atoms with van der Waals surface area (Å²) in [5.41, 5.74) is -0.542. The van der Waals surface area contributed by atoms with Crippen LogP contribution in [-0.4, -0.2) is 34.7 Å². The van der Waals surface area contributed by atoms with Crippen LogP contribution in [0.15, 0.2) is 0 Å². The summed E-state index contributed by atoms with van der Waals surface area (Å²) >= 11 is 0. The van der Waals surface area contributed by atoms with E-state index in [9.17, 15) is 19.8 Å². The maximum Gasteiger partial charge on any atom is 0.321 e. The Balaban J connectivity index is 4.89. The standard InChI is InChI=1S/C14H27NO4/c1-13(2,3)7-8-15-10(12(18)19)9(11(16)17)14(4,5)6/h9-10,15H,7-8H2,1-6H3,(H,16,17)(H,18,19)/t9?,10-/m0/s1. The predicted molar refractivity (Wildman–Crippen MR) is 74.1 cm³/mol. The quantitative estimate of drug-likeness (QED) is 0.690. The summed E-state index contributed by atoms with van der Waals surface area (Å²) in [5, 5.41) is 21.4. The third-order valence-corrected chi connectivity index (χ3v) is 3.04. The van der Waals surface area contributed by atoms with Crippen molar-refractivity contribution in [3.63, 3.8) is 0 Å². The Morgan fingerprint density at radius 1 is 1.00 bits per heavy atom. The van der Waals surface area contributed by atoms with Crippen LogP contribution >= 0.6 is 0 Å². The summed E-state index contributed by atoms with van der Waals surface area (Å²) in [6, 6.07) is -1.07. The molecule has 0 aromatic rings. The van der Waals surface area contributed by atoms with E-state index in [4.69, 9.17) is 0 Å². The number of carboxylic acids is 2. The van der Waals surface area contributed by atoms with E-state index >= 15 is 0 Å². The summed E-state index contributed by atoms with van der Waals surface area (Å²) in [7, 11) is 0. The molecule has 0 saturated heterocycles. The number of nitrogens with one attached hydrogen (secondary N) is 1. The van der Waals surface area contributed by atoms with Crippen molar-refractivity contribution in [2.75, 3.05) is 6.54 Å². The second-order valence-electron chi connectivity index (χ2n) is 7.26. The van der Waals surface area contributed by atoms with Crippen LogP contribution in [0.25, 0.3) is 0 Å². The van der Waals surface area contributed by atoms with E-state index in [1.807, 2.05) is 0 Å². The Hall–Kier alpha value is -1.10. The molecule has 0 aromatic heterocycles. The zero-order valence-corrected chi connectivity index (χ0v) is 12.8. The highest BCUT2D eigenvalue weighted by Crippen LogP contribution is 2.29. The first-order valence-electron chi connectivity index (χ1n) is 6.55. The molecule has 0 spiro atoms. The summed E-state index contributed by atoms with van der Waals surface area (Å²) in [6.07, 6.45) is 0.785. The van der Waals surface area contributed by atoms with E-state index in [0.29, 0.717) is 6.54 Å². The molecule has 0 fully saturated rings. The summed E-state index contributed by atoms with van der Waals surface area (Å²) in [4.78, 5) is 22.7. The van der Waals surface area contributed by atoms with Gasteiger partial charge in [-0.3, -0.25) is 9.59 Å². The molecule has 0 aromatic carbocycles. The highest BCUT2D eigenvalue weighted by Gasteiger charge is 2.41.